The first-order valence-corrected chi connectivity index (χ1v) is 9.84. The normalized spacial score (nSPS) is 21.9. The van der Waals surface area contributed by atoms with Gasteiger partial charge in [-0.05, 0) is 44.0 Å². The van der Waals surface area contributed by atoms with E-state index in [2.05, 4.69) is 5.10 Å². The van der Waals surface area contributed by atoms with Crippen molar-refractivity contribution in [2.45, 2.75) is 37.0 Å². The molecule has 0 aromatic heterocycles. The Labute approximate surface area is 173 Å². The number of nitrogens with zero attached hydrogens (tertiary/aromatic N) is 2. The summed E-state index contributed by atoms with van der Waals surface area (Å²) in [6.07, 6.45) is 1.95. The van der Waals surface area contributed by atoms with Gasteiger partial charge in [-0.3, -0.25) is 4.79 Å². The average Bonchev–Trinajstić information content (AvgIpc) is 3.48. The zero-order valence-electron chi connectivity index (χ0n) is 16.6. The lowest BCUT2D eigenvalue weighted by atomic mass is 9.95. The summed E-state index contributed by atoms with van der Waals surface area (Å²) in [5.41, 5.74) is 3.94. The van der Waals surface area contributed by atoms with E-state index in [9.17, 15) is 13.6 Å². The van der Waals surface area contributed by atoms with Crippen LogP contribution in [0.5, 0.6) is 0 Å². The largest absolute Gasteiger partial charge is 0.443 e. The molecule has 30 heavy (non-hydrogen) atoms. The third-order valence-electron chi connectivity index (χ3n) is 5.58. The van der Waals surface area contributed by atoms with Gasteiger partial charge in [0.05, 0.1) is 5.56 Å². The van der Waals surface area contributed by atoms with Crippen molar-refractivity contribution >= 4 is 11.8 Å². The molecule has 1 heterocycles. The van der Waals surface area contributed by atoms with E-state index in [0.717, 1.165) is 18.2 Å². The SMILES string of the molecule is COC1(C(=O)N2N=C(c3cc(F)ccc3F)OC2(CCCN)c2ccccc2)CC1. The van der Waals surface area contributed by atoms with E-state index < -0.39 is 23.0 Å². The summed E-state index contributed by atoms with van der Waals surface area (Å²) in [6, 6.07) is 12.1. The lowest BCUT2D eigenvalue weighted by Crippen LogP contribution is -2.50. The molecule has 2 aromatic rings. The van der Waals surface area contributed by atoms with Crippen LogP contribution in [0.1, 0.15) is 36.8 Å². The molecule has 1 amide bonds. The van der Waals surface area contributed by atoms with E-state index in [1.54, 1.807) is 0 Å². The molecule has 1 saturated carbocycles. The van der Waals surface area contributed by atoms with E-state index in [1.165, 1.54) is 12.1 Å². The highest BCUT2D eigenvalue weighted by Gasteiger charge is 2.60. The van der Waals surface area contributed by atoms with Gasteiger partial charge < -0.3 is 15.2 Å². The minimum atomic E-state index is -1.33. The molecule has 0 bridgehead atoms. The fourth-order valence-corrected chi connectivity index (χ4v) is 3.71. The molecule has 158 valence electrons. The summed E-state index contributed by atoms with van der Waals surface area (Å²) in [5, 5.41) is 5.58. The van der Waals surface area contributed by atoms with Crippen molar-refractivity contribution < 1.29 is 23.0 Å². The Balaban J connectivity index is 1.85. The number of methoxy groups -OCH3 is 1. The van der Waals surface area contributed by atoms with Crippen LogP contribution >= 0.6 is 0 Å². The van der Waals surface area contributed by atoms with Crippen molar-refractivity contribution in [1.82, 2.24) is 5.01 Å². The third kappa shape index (κ3) is 3.36. The molecule has 2 aromatic carbocycles. The maximum absolute atomic E-state index is 14.5. The van der Waals surface area contributed by atoms with Crippen LogP contribution < -0.4 is 5.73 Å². The van der Waals surface area contributed by atoms with E-state index in [4.69, 9.17) is 15.2 Å². The van der Waals surface area contributed by atoms with Crippen molar-refractivity contribution in [3.05, 3.63) is 71.3 Å². The van der Waals surface area contributed by atoms with Gasteiger partial charge >= 0.3 is 0 Å². The van der Waals surface area contributed by atoms with Crippen molar-refractivity contribution in [3.8, 4) is 0 Å². The van der Waals surface area contributed by atoms with Crippen LogP contribution in [0.3, 0.4) is 0 Å². The standard InChI is InChI=1S/C22H23F2N3O3/c1-29-21(11-12-21)20(28)27-22(10-5-13-25,15-6-3-2-4-7-15)30-19(26-27)17-14-16(23)8-9-18(17)24/h2-4,6-9,14H,5,10-13,25H2,1H3. The van der Waals surface area contributed by atoms with Crippen LogP contribution in [-0.4, -0.2) is 36.1 Å². The highest BCUT2D eigenvalue weighted by atomic mass is 19.1. The number of carbonyl (C=O) groups is 1. The topological polar surface area (TPSA) is 77.1 Å². The van der Waals surface area contributed by atoms with Gasteiger partial charge in [0.2, 0.25) is 11.6 Å². The van der Waals surface area contributed by atoms with Gasteiger partial charge in [-0.15, -0.1) is 5.10 Å². The fraction of sp³-hybridized carbons (Fsp3) is 0.364. The van der Waals surface area contributed by atoms with Gasteiger partial charge in [0.25, 0.3) is 5.91 Å². The molecule has 2 aliphatic rings. The molecule has 6 nitrogen and oxygen atoms in total. The molecule has 0 radical (unpaired) electrons. The van der Waals surface area contributed by atoms with E-state index in [1.807, 2.05) is 30.3 Å². The van der Waals surface area contributed by atoms with Gasteiger partial charge in [0, 0.05) is 19.1 Å². The molecular formula is C22H23F2N3O3. The number of halogens is 2. The van der Waals surface area contributed by atoms with Gasteiger partial charge in [-0.1, -0.05) is 30.3 Å². The van der Waals surface area contributed by atoms with E-state index in [-0.39, 0.29) is 17.4 Å². The van der Waals surface area contributed by atoms with Crippen LogP contribution in [-0.2, 0) is 20.0 Å². The zero-order valence-corrected chi connectivity index (χ0v) is 16.6. The molecule has 0 saturated heterocycles. The Bertz CT molecular complexity index is 979. The molecule has 1 atom stereocenters. The Morgan fingerprint density at radius 3 is 2.60 bits per heavy atom. The Hall–Kier alpha value is -2.84. The quantitative estimate of drug-likeness (QED) is 0.753. The summed E-state index contributed by atoms with van der Waals surface area (Å²) in [7, 11) is 1.47. The van der Waals surface area contributed by atoms with Crippen molar-refractivity contribution in [2.75, 3.05) is 13.7 Å². The predicted molar refractivity (Wildman–Crippen MR) is 106 cm³/mol. The Morgan fingerprint density at radius 2 is 1.97 bits per heavy atom. The number of amides is 1. The van der Waals surface area contributed by atoms with Gasteiger partial charge in [-0.2, -0.15) is 5.01 Å². The van der Waals surface area contributed by atoms with Gasteiger partial charge in [0.15, 0.2) is 0 Å². The summed E-state index contributed by atoms with van der Waals surface area (Å²) >= 11 is 0. The molecule has 0 spiro atoms. The molecule has 4 rings (SSSR count). The molecule has 1 unspecified atom stereocenters. The summed E-state index contributed by atoms with van der Waals surface area (Å²) < 4.78 is 40.0. The summed E-state index contributed by atoms with van der Waals surface area (Å²) in [5.74, 6) is -1.87. The number of benzene rings is 2. The monoisotopic (exact) mass is 415 g/mol. The number of hydrazone groups is 1. The van der Waals surface area contributed by atoms with Crippen LogP contribution in [0.4, 0.5) is 8.78 Å². The minimum absolute atomic E-state index is 0.152. The number of rotatable bonds is 7. The third-order valence-corrected chi connectivity index (χ3v) is 5.58. The summed E-state index contributed by atoms with van der Waals surface area (Å²) in [4.78, 5) is 13.5. The predicted octanol–water partition coefficient (Wildman–Crippen LogP) is 3.26. The second kappa shape index (κ2) is 7.77. The number of hydrogen-bond donors (Lipinski definition) is 1. The van der Waals surface area contributed by atoms with Crippen LogP contribution in [0.15, 0.2) is 53.6 Å². The molecule has 1 aliphatic heterocycles. The number of carbonyl (C=O) groups excluding carboxylic acids is 1. The fourth-order valence-electron chi connectivity index (χ4n) is 3.71. The lowest BCUT2D eigenvalue weighted by Gasteiger charge is -2.36. The van der Waals surface area contributed by atoms with Gasteiger partial charge in [-0.25, -0.2) is 8.78 Å². The van der Waals surface area contributed by atoms with E-state index in [0.29, 0.717) is 37.8 Å². The number of nitrogens with two attached hydrogens (primary N) is 1. The smallest absolute Gasteiger partial charge is 0.278 e. The number of ether oxygens (including phenoxy) is 2. The second-order valence-corrected chi connectivity index (χ2v) is 7.49. The first-order valence-electron chi connectivity index (χ1n) is 9.84. The highest BCUT2D eigenvalue weighted by Crippen LogP contribution is 2.47. The van der Waals surface area contributed by atoms with Crippen LogP contribution in [0.2, 0.25) is 0 Å². The first kappa shape index (κ1) is 20.4. The Morgan fingerprint density at radius 1 is 1.23 bits per heavy atom. The van der Waals surface area contributed by atoms with Crippen molar-refractivity contribution in [2.24, 2.45) is 10.8 Å². The maximum atomic E-state index is 14.5. The summed E-state index contributed by atoms with van der Waals surface area (Å²) in [6.45, 7) is 0.360. The lowest BCUT2D eigenvalue weighted by molar-refractivity contribution is -0.166. The van der Waals surface area contributed by atoms with E-state index >= 15 is 0 Å². The van der Waals surface area contributed by atoms with Crippen LogP contribution in [0, 0.1) is 11.6 Å². The zero-order chi connectivity index (χ0) is 21.4. The molecular weight excluding hydrogens is 392 g/mol. The van der Waals surface area contributed by atoms with Crippen molar-refractivity contribution in [1.29, 1.82) is 0 Å². The highest BCUT2D eigenvalue weighted by molar-refractivity contribution is 5.98. The van der Waals surface area contributed by atoms with Gasteiger partial charge in [0.1, 0.15) is 17.2 Å². The Kier molecular flexibility index (Phi) is 5.29. The van der Waals surface area contributed by atoms with Crippen molar-refractivity contribution in [3.63, 3.8) is 0 Å². The molecule has 2 N–H and O–H groups in total. The average molecular weight is 415 g/mol. The molecule has 1 aliphatic carbocycles. The van der Waals surface area contributed by atoms with Crippen LogP contribution in [0.25, 0.3) is 0 Å². The molecule has 1 fully saturated rings. The minimum Gasteiger partial charge on any atom is -0.443 e. The molecule has 8 heteroatoms. The first-order chi connectivity index (χ1) is 14.5. The second-order valence-electron chi connectivity index (χ2n) is 7.49. The number of hydrogen-bond acceptors (Lipinski definition) is 5. The maximum Gasteiger partial charge on any atom is 0.278 e.